The summed E-state index contributed by atoms with van der Waals surface area (Å²) in [7, 11) is 0. The Morgan fingerprint density at radius 1 is 1.14 bits per heavy atom. The maximum absolute atomic E-state index is 13.5. The summed E-state index contributed by atoms with van der Waals surface area (Å²) in [6.07, 6.45) is -0.139. The minimum Gasteiger partial charge on any atom is -0.326 e. The third-order valence-electron chi connectivity index (χ3n) is 3.09. The van der Waals surface area contributed by atoms with Crippen LogP contribution in [0.2, 0.25) is 0 Å². The number of carbonyl (C=O) groups excluding carboxylic acids is 1. The van der Waals surface area contributed by atoms with E-state index in [1.54, 1.807) is 0 Å². The maximum atomic E-state index is 13.5. The van der Waals surface area contributed by atoms with Crippen molar-refractivity contribution in [2.24, 2.45) is 0 Å². The summed E-state index contributed by atoms with van der Waals surface area (Å²) in [5.74, 6) is -1.72. The molecule has 0 unspecified atom stereocenters. The quantitative estimate of drug-likeness (QED) is 0.863. The van der Waals surface area contributed by atoms with Crippen LogP contribution in [0.1, 0.15) is 16.7 Å². The molecule has 0 fully saturated rings. The molecule has 0 bridgehead atoms. The molecule has 5 heteroatoms. The van der Waals surface area contributed by atoms with Gasteiger partial charge in [-0.1, -0.05) is 22.0 Å². The Labute approximate surface area is 130 Å². The van der Waals surface area contributed by atoms with Gasteiger partial charge in [-0.2, -0.15) is 0 Å². The van der Waals surface area contributed by atoms with Crippen molar-refractivity contribution in [3.63, 3.8) is 0 Å². The fourth-order valence-corrected chi connectivity index (χ4v) is 2.29. The molecule has 110 valence electrons. The Kier molecular flexibility index (Phi) is 4.73. The van der Waals surface area contributed by atoms with Gasteiger partial charge in [-0.3, -0.25) is 4.79 Å². The molecule has 0 aromatic heterocycles. The standard InChI is InChI=1S/C16H14BrF2NO/c1-9-5-13(6-10(2)16(9)17)20-15(21)7-11-3-4-12(18)8-14(11)19/h3-6,8H,7H2,1-2H3,(H,20,21). The normalized spacial score (nSPS) is 10.5. The SMILES string of the molecule is Cc1cc(NC(=O)Cc2ccc(F)cc2F)cc(C)c1Br. The van der Waals surface area contributed by atoms with Crippen molar-refractivity contribution in [2.45, 2.75) is 20.3 Å². The smallest absolute Gasteiger partial charge is 0.228 e. The fraction of sp³-hybridized carbons (Fsp3) is 0.188. The molecule has 0 saturated carbocycles. The zero-order chi connectivity index (χ0) is 15.6. The van der Waals surface area contributed by atoms with E-state index in [4.69, 9.17) is 0 Å². The zero-order valence-electron chi connectivity index (χ0n) is 11.6. The van der Waals surface area contributed by atoms with Crippen LogP contribution in [0.25, 0.3) is 0 Å². The first kappa shape index (κ1) is 15.6. The van der Waals surface area contributed by atoms with Gasteiger partial charge in [-0.25, -0.2) is 8.78 Å². The Bertz CT molecular complexity index is 678. The molecule has 0 atom stereocenters. The van der Waals surface area contributed by atoms with Crippen molar-refractivity contribution < 1.29 is 13.6 Å². The molecule has 0 spiro atoms. The average Bonchev–Trinajstić information content (AvgIpc) is 2.39. The molecule has 0 radical (unpaired) electrons. The van der Waals surface area contributed by atoms with Crippen molar-refractivity contribution in [3.8, 4) is 0 Å². The number of rotatable bonds is 3. The number of hydrogen-bond acceptors (Lipinski definition) is 1. The van der Waals surface area contributed by atoms with Gasteiger partial charge >= 0.3 is 0 Å². The van der Waals surface area contributed by atoms with Crippen LogP contribution in [0.15, 0.2) is 34.8 Å². The summed E-state index contributed by atoms with van der Waals surface area (Å²) in [6, 6.07) is 6.85. The number of halogens is 3. The first-order valence-corrected chi connectivity index (χ1v) is 7.16. The Balaban J connectivity index is 2.12. The van der Waals surface area contributed by atoms with Crippen LogP contribution in [0.5, 0.6) is 0 Å². The minimum absolute atomic E-state index is 0.139. The van der Waals surface area contributed by atoms with Gasteiger partial charge in [-0.15, -0.1) is 0 Å². The van der Waals surface area contributed by atoms with Crippen LogP contribution < -0.4 is 5.32 Å². The number of hydrogen-bond donors (Lipinski definition) is 1. The summed E-state index contributed by atoms with van der Waals surface area (Å²) < 4.78 is 27.3. The van der Waals surface area contributed by atoms with Crippen LogP contribution in [0.3, 0.4) is 0 Å². The van der Waals surface area contributed by atoms with Crippen molar-refractivity contribution in [1.29, 1.82) is 0 Å². The molecule has 2 rings (SSSR count). The lowest BCUT2D eigenvalue weighted by Crippen LogP contribution is -2.15. The zero-order valence-corrected chi connectivity index (χ0v) is 13.2. The summed E-state index contributed by atoms with van der Waals surface area (Å²) in [6.45, 7) is 3.85. The molecule has 2 nitrogen and oxygen atoms in total. The highest BCUT2D eigenvalue weighted by Crippen LogP contribution is 2.25. The summed E-state index contributed by atoms with van der Waals surface area (Å²) >= 11 is 3.45. The van der Waals surface area contributed by atoms with E-state index in [1.165, 1.54) is 6.07 Å². The largest absolute Gasteiger partial charge is 0.326 e. The summed E-state index contributed by atoms with van der Waals surface area (Å²) in [5.41, 5.74) is 2.82. The second-order valence-electron chi connectivity index (χ2n) is 4.88. The Hall–Kier alpha value is -1.75. The first-order valence-electron chi connectivity index (χ1n) is 6.37. The van der Waals surface area contributed by atoms with Crippen LogP contribution in [0.4, 0.5) is 14.5 Å². The van der Waals surface area contributed by atoms with E-state index in [1.807, 2.05) is 26.0 Å². The molecule has 1 N–H and O–H groups in total. The molecule has 2 aromatic carbocycles. The molecule has 0 aliphatic carbocycles. The molecule has 0 heterocycles. The van der Waals surface area contributed by atoms with Crippen LogP contribution in [-0.2, 0) is 11.2 Å². The van der Waals surface area contributed by atoms with Gasteiger partial charge in [0.1, 0.15) is 11.6 Å². The summed E-state index contributed by atoms with van der Waals surface area (Å²) in [5, 5.41) is 2.72. The van der Waals surface area contributed by atoms with Crippen molar-refractivity contribution >= 4 is 27.5 Å². The molecule has 0 aliphatic rings. The van der Waals surface area contributed by atoms with Gasteiger partial charge in [-0.05, 0) is 48.7 Å². The monoisotopic (exact) mass is 353 g/mol. The average molecular weight is 354 g/mol. The number of aryl methyl sites for hydroxylation is 2. The highest BCUT2D eigenvalue weighted by molar-refractivity contribution is 9.10. The first-order chi connectivity index (χ1) is 9.86. The number of carbonyl (C=O) groups is 1. The van der Waals surface area contributed by atoms with Gasteiger partial charge in [0.25, 0.3) is 0 Å². The van der Waals surface area contributed by atoms with Gasteiger partial charge < -0.3 is 5.32 Å². The molecular weight excluding hydrogens is 340 g/mol. The number of nitrogens with one attached hydrogen (secondary N) is 1. The molecule has 0 aliphatic heterocycles. The number of anilines is 1. The molecule has 1 amide bonds. The molecule has 0 saturated heterocycles. The van der Waals surface area contributed by atoms with Gasteiger partial charge in [0.05, 0.1) is 6.42 Å². The van der Waals surface area contributed by atoms with E-state index in [0.29, 0.717) is 5.69 Å². The predicted octanol–water partition coefficient (Wildman–Crippen LogP) is 4.53. The molecule has 2 aromatic rings. The molecular formula is C16H14BrF2NO. The number of amides is 1. The lowest BCUT2D eigenvalue weighted by molar-refractivity contribution is -0.115. The van der Waals surface area contributed by atoms with Crippen LogP contribution in [-0.4, -0.2) is 5.91 Å². The van der Waals surface area contributed by atoms with E-state index in [2.05, 4.69) is 21.2 Å². The lowest BCUT2D eigenvalue weighted by Gasteiger charge is -2.10. The number of benzene rings is 2. The van der Waals surface area contributed by atoms with E-state index in [0.717, 1.165) is 27.7 Å². The van der Waals surface area contributed by atoms with Gasteiger partial charge in [0, 0.05) is 16.2 Å². The van der Waals surface area contributed by atoms with Crippen LogP contribution in [0, 0.1) is 25.5 Å². The topological polar surface area (TPSA) is 29.1 Å². The fourth-order valence-electron chi connectivity index (χ4n) is 2.06. The van der Waals surface area contributed by atoms with Gasteiger partial charge in [0.2, 0.25) is 5.91 Å². The van der Waals surface area contributed by atoms with Crippen molar-refractivity contribution in [1.82, 2.24) is 0 Å². The molecule has 21 heavy (non-hydrogen) atoms. The van der Waals surface area contributed by atoms with Gasteiger partial charge in [0.15, 0.2) is 0 Å². The van der Waals surface area contributed by atoms with E-state index >= 15 is 0 Å². The lowest BCUT2D eigenvalue weighted by atomic mass is 10.1. The van der Waals surface area contributed by atoms with E-state index in [9.17, 15) is 13.6 Å². The van der Waals surface area contributed by atoms with E-state index < -0.39 is 11.6 Å². The highest BCUT2D eigenvalue weighted by Gasteiger charge is 2.10. The van der Waals surface area contributed by atoms with Crippen LogP contribution >= 0.6 is 15.9 Å². The third kappa shape index (κ3) is 3.88. The van der Waals surface area contributed by atoms with E-state index in [-0.39, 0.29) is 17.9 Å². The highest BCUT2D eigenvalue weighted by atomic mass is 79.9. The minimum atomic E-state index is -0.715. The Morgan fingerprint density at radius 2 is 1.76 bits per heavy atom. The van der Waals surface area contributed by atoms with Crippen molar-refractivity contribution in [2.75, 3.05) is 5.32 Å². The maximum Gasteiger partial charge on any atom is 0.228 e. The van der Waals surface area contributed by atoms with Crippen molar-refractivity contribution in [3.05, 3.63) is 63.1 Å². The predicted molar refractivity (Wildman–Crippen MR) is 82.3 cm³/mol. The Morgan fingerprint density at radius 3 is 2.33 bits per heavy atom. The second kappa shape index (κ2) is 6.35. The second-order valence-corrected chi connectivity index (χ2v) is 5.68. The summed E-state index contributed by atoms with van der Waals surface area (Å²) in [4.78, 5) is 11.9. The third-order valence-corrected chi connectivity index (χ3v) is 4.34.